The van der Waals surface area contributed by atoms with Crippen molar-refractivity contribution in [2.24, 2.45) is 0 Å². The first-order valence-electron chi connectivity index (χ1n) is 10.2. The molecule has 1 saturated carbocycles. The van der Waals surface area contributed by atoms with Crippen molar-refractivity contribution in [2.45, 2.75) is 77.5 Å². The summed E-state index contributed by atoms with van der Waals surface area (Å²) < 4.78 is 18.1. The van der Waals surface area contributed by atoms with Gasteiger partial charge in [0.15, 0.2) is 11.4 Å². The number of nitrogens with zero attached hydrogens (tertiary/aromatic N) is 1. The molecule has 0 saturated heterocycles. The van der Waals surface area contributed by atoms with E-state index in [0.29, 0.717) is 13.0 Å². The number of carbonyl (C=O) groups excluding carboxylic acids is 1. The van der Waals surface area contributed by atoms with Crippen LogP contribution in [-0.4, -0.2) is 47.5 Å². The summed E-state index contributed by atoms with van der Waals surface area (Å²) in [4.78, 5) is 37.1. The Hall–Kier alpha value is -2.35. The highest BCUT2D eigenvalue weighted by Gasteiger charge is 2.34. The number of ether oxygens (including phenoxy) is 3. The minimum absolute atomic E-state index is 0.0628. The van der Waals surface area contributed by atoms with Crippen molar-refractivity contribution in [1.82, 2.24) is 4.57 Å². The summed E-state index contributed by atoms with van der Waals surface area (Å²) in [5.41, 5.74) is -1.35. The topological polar surface area (TPSA) is 104 Å². The summed E-state index contributed by atoms with van der Waals surface area (Å²) >= 11 is 0. The van der Waals surface area contributed by atoms with Crippen LogP contribution in [0.15, 0.2) is 11.0 Å². The molecule has 162 valence electrons. The number of carboxylic acids is 1. The van der Waals surface area contributed by atoms with E-state index in [1.165, 1.54) is 17.9 Å². The number of carboxylic acid groups (broad SMARTS) is 1. The van der Waals surface area contributed by atoms with Crippen LogP contribution in [-0.2, 0) is 9.47 Å². The van der Waals surface area contributed by atoms with E-state index in [9.17, 15) is 19.5 Å². The predicted molar refractivity (Wildman–Crippen MR) is 107 cm³/mol. The van der Waals surface area contributed by atoms with Crippen LogP contribution in [0.1, 0.15) is 86.2 Å². The van der Waals surface area contributed by atoms with E-state index < -0.39 is 29.0 Å². The third-order valence-corrected chi connectivity index (χ3v) is 5.02. The number of aromatic carboxylic acids is 1. The second kappa shape index (κ2) is 10.4. The van der Waals surface area contributed by atoms with Crippen molar-refractivity contribution in [1.29, 1.82) is 0 Å². The first-order chi connectivity index (χ1) is 13.8. The molecule has 2 atom stereocenters. The van der Waals surface area contributed by atoms with Crippen LogP contribution in [0.3, 0.4) is 0 Å². The average Bonchev–Trinajstić information content (AvgIpc) is 2.67. The molecule has 8 nitrogen and oxygen atoms in total. The van der Waals surface area contributed by atoms with E-state index >= 15 is 0 Å². The number of aromatic nitrogens is 1. The Morgan fingerprint density at radius 2 is 1.97 bits per heavy atom. The van der Waals surface area contributed by atoms with E-state index in [4.69, 9.17) is 14.2 Å². The molecule has 0 bridgehead atoms. The molecule has 1 N–H and O–H groups in total. The van der Waals surface area contributed by atoms with Crippen LogP contribution in [0.4, 0.5) is 0 Å². The molecule has 1 fully saturated rings. The maximum Gasteiger partial charge on any atom is 0.359 e. The van der Waals surface area contributed by atoms with Gasteiger partial charge < -0.3 is 23.9 Å². The number of hydrogen-bond donors (Lipinski definition) is 1. The SMILES string of the molecule is CCCCO[C@H]1CCCC[C@@H]1n1cc(C(=O)O)c(=O)c(OC)c1C(=O)OC(C)C. The van der Waals surface area contributed by atoms with Crippen molar-refractivity contribution in [3.8, 4) is 5.75 Å². The number of methoxy groups -OCH3 is 1. The van der Waals surface area contributed by atoms with Crippen LogP contribution in [0.25, 0.3) is 0 Å². The third kappa shape index (κ3) is 5.38. The lowest BCUT2D eigenvalue weighted by Crippen LogP contribution is -2.36. The summed E-state index contributed by atoms with van der Waals surface area (Å²) in [6.07, 6.45) is 5.95. The monoisotopic (exact) mass is 409 g/mol. The predicted octanol–water partition coefficient (Wildman–Crippen LogP) is 3.42. The standard InChI is InChI=1S/C21H31NO7/c1-5-6-11-28-16-10-8-7-9-15(16)22-12-14(20(24)25)18(23)19(27-4)17(22)21(26)29-13(2)3/h12-13,15-16H,5-11H2,1-4H3,(H,24,25)/t15-,16-/m0/s1. The second-order valence-electron chi connectivity index (χ2n) is 7.53. The summed E-state index contributed by atoms with van der Waals surface area (Å²) in [7, 11) is 1.24. The molecular formula is C21H31NO7. The quantitative estimate of drug-likeness (QED) is 0.492. The highest BCUT2D eigenvalue weighted by Crippen LogP contribution is 2.34. The molecule has 0 aromatic carbocycles. The zero-order chi connectivity index (χ0) is 21.6. The van der Waals surface area contributed by atoms with Gasteiger partial charge in [0, 0.05) is 12.8 Å². The molecule has 8 heteroatoms. The van der Waals surface area contributed by atoms with Gasteiger partial charge >= 0.3 is 11.9 Å². The number of pyridine rings is 1. The van der Waals surface area contributed by atoms with E-state index in [2.05, 4.69) is 6.92 Å². The molecule has 1 aromatic rings. The van der Waals surface area contributed by atoms with E-state index in [1.54, 1.807) is 13.8 Å². The average molecular weight is 409 g/mol. The van der Waals surface area contributed by atoms with Crippen LogP contribution in [0.2, 0.25) is 0 Å². The molecule has 29 heavy (non-hydrogen) atoms. The van der Waals surface area contributed by atoms with Crippen molar-refractivity contribution in [2.75, 3.05) is 13.7 Å². The molecule has 1 aliphatic rings. The molecule has 0 spiro atoms. The van der Waals surface area contributed by atoms with E-state index in [-0.39, 0.29) is 23.6 Å². The van der Waals surface area contributed by atoms with Crippen molar-refractivity contribution < 1.29 is 28.9 Å². The number of unbranched alkanes of at least 4 members (excludes halogenated alkanes) is 1. The van der Waals surface area contributed by atoms with Crippen molar-refractivity contribution in [3.63, 3.8) is 0 Å². The lowest BCUT2D eigenvalue weighted by molar-refractivity contribution is -0.00933. The second-order valence-corrected chi connectivity index (χ2v) is 7.53. The van der Waals surface area contributed by atoms with Gasteiger partial charge in [-0.05, 0) is 33.1 Å². The summed E-state index contributed by atoms with van der Waals surface area (Å²) in [6, 6.07) is -0.289. The van der Waals surface area contributed by atoms with Gasteiger partial charge in [-0.15, -0.1) is 0 Å². The van der Waals surface area contributed by atoms with Gasteiger partial charge in [-0.2, -0.15) is 0 Å². The van der Waals surface area contributed by atoms with Gasteiger partial charge in [-0.25, -0.2) is 9.59 Å². The Labute approximate surface area is 170 Å². The zero-order valence-electron chi connectivity index (χ0n) is 17.6. The van der Waals surface area contributed by atoms with Gasteiger partial charge in [0.05, 0.1) is 25.4 Å². The maximum atomic E-state index is 12.8. The minimum atomic E-state index is -1.37. The fraction of sp³-hybridized carbons (Fsp3) is 0.667. The molecule has 0 radical (unpaired) electrons. The first kappa shape index (κ1) is 22.9. The molecular weight excluding hydrogens is 378 g/mol. The van der Waals surface area contributed by atoms with Crippen molar-refractivity contribution >= 4 is 11.9 Å². The van der Waals surface area contributed by atoms with Crippen LogP contribution in [0, 0.1) is 0 Å². The summed E-state index contributed by atoms with van der Waals surface area (Å²) in [5.74, 6) is -2.40. The Morgan fingerprint density at radius 1 is 1.28 bits per heavy atom. The fourth-order valence-electron chi connectivity index (χ4n) is 3.65. The Balaban J connectivity index is 2.62. The van der Waals surface area contributed by atoms with Crippen molar-refractivity contribution in [3.05, 3.63) is 27.7 Å². The van der Waals surface area contributed by atoms with Gasteiger partial charge in [0.2, 0.25) is 5.43 Å². The van der Waals surface area contributed by atoms with Gasteiger partial charge in [-0.1, -0.05) is 26.2 Å². The van der Waals surface area contributed by atoms with E-state index in [0.717, 1.165) is 32.1 Å². The normalized spacial score (nSPS) is 19.2. The number of rotatable bonds is 9. The minimum Gasteiger partial charge on any atom is -0.491 e. The molecule has 0 aliphatic heterocycles. The third-order valence-electron chi connectivity index (χ3n) is 5.02. The molecule has 0 unspecified atom stereocenters. The summed E-state index contributed by atoms with van der Waals surface area (Å²) in [5, 5.41) is 9.51. The number of hydrogen-bond acceptors (Lipinski definition) is 6. The summed E-state index contributed by atoms with van der Waals surface area (Å²) in [6.45, 7) is 6.07. The molecule has 2 rings (SSSR count). The molecule has 1 aromatic heterocycles. The Morgan fingerprint density at radius 3 is 2.55 bits per heavy atom. The smallest absolute Gasteiger partial charge is 0.359 e. The lowest BCUT2D eigenvalue weighted by atomic mass is 9.91. The van der Waals surface area contributed by atoms with Crippen LogP contribution in [0.5, 0.6) is 5.75 Å². The van der Waals surface area contributed by atoms with Crippen LogP contribution < -0.4 is 10.2 Å². The fourth-order valence-corrected chi connectivity index (χ4v) is 3.65. The Kier molecular flexibility index (Phi) is 8.25. The largest absolute Gasteiger partial charge is 0.491 e. The van der Waals surface area contributed by atoms with Gasteiger partial charge in [-0.3, -0.25) is 4.79 Å². The number of carbonyl (C=O) groups is 2. The van der Waals surface area contributed by atoms with Gasteiger partial charge in [0.1, 0.15) is 5.56 Å². The number of esters is 1. The van der Waals surface area contributed by atoms with Gasteiger partial charge in [0.25, 0.3) is 0 Å². The van der Waals surface area contributed by atoms with E-state index in [1.807, 2.05) is 0 Å². The maximum absolute atomic E-state index is 12.8. The Bertz CT molecular complexity index is 784. The highest BCUT2D eigenvalue weighted by atomic mass is 16.5. The molecule has 0 amide bonds. The van der Waals surface area contributed by atoms with Crippen LogP contribution >= 0.6 is 0 Å². The molecule has 1 aliphatic carbocycles. The zero-order valence-corrected chi connectivity index (χ0v) is 17.6. The first-order valence-corrected chi connectivity index (χ1v) is 10.2. The molecule has 1 heterocycles. The lowest BCUT2D eigenvalue weighted by Gasteiger charge is -2.35. The highest BCUT2D eigenvalue weighted by molar-refractivity contribution is 5.93.